The lowest BCUT2D eigenvalue weighted by Crippen LogP contribution is -2.44. The topological polar surface area (TPSA) is 41.1 Å². The summed E-state index contributed by atoms with van der Waals surface area (Å²) in [7, 11) is 0. The van der Waals surface area contributed by atoms with E-state index in [1.54, 1.807) is 0 Å². The summed E-state index contributed by atoms with van der Waals surface area (Å²) in [5.74, 6) is 0.595. The van der Waals surface area contributed by atoms with Gasteiger partial charge in [0.25, 0.3) is 5.91 Å². The van der Waals surface area contributed by atoms with Crippen LogP contribution in [0.25, 0.3) is 10.8 Å². The van der Waals surface area contributed by atoms with Crippen LogP contribution >= 0.6 is 11.6 Å². The predicted octanol–water partition coefficient (Wildman–Crippen LogP) is 2.97. The third kappa shape index (κ3) is 2.30. The molecule has 3 nitrogen and oxygen atoms in total. The van der Waals surface area contributed by atoms with Crippen molar-refractivity contribution in [1.29, 1.82) is 0 Å². The Morgan fingerprint density at radius 1 is 1.24 bits per heavy atom. The van der Waals surface area contributed by atoms with E-state index in [1.807, 2.05) is 36.4 Å². The summed E-state index contributed by atoms with van der Waals surface area (Å²) in [5.41, 5.74) is 0.686. The zero-order valence-electron chi connectivity index (χ0n) is 11.6. The molecule has 0 spiro atoms. The van der Waals surface area contributed by atoms with E-state index >= 15 is 0 Å². The summed E-state index contributed by atoms with van der Waals surface area (Å²) < 4.78 is 0. The molecule has 0 aromatic heterocycles. The first-order valence-corrected chi connectivity index (χ1v) is 7.81. The maximum Gasteiger partial charge on any atom is 0.251 e. The lowest BCUT2D eigenvalue weighted by atomic mass is 10.0. The summed E-state index contributed by atoms with van der Waals surface area (Å²) in [4.78, 5) is 12.5. The van der Waals surface area contributed by atoms with Crippen molar-refractivity contribution in [3.05, 3.63) is 47.0 Å². The normalized spacial score (nSPS) is 27.2. The van der Waals surface area contributed by atoms with Gasteiger partial charge in [-0.3, -0.25) is 4.79 Å². The van der Waals surface area contributed by atoms with Crippen LogP contribution in [0.3, 0.4) is 0 Å². The summed E-state index contributed by atoms with van der Waals surface area (Å²) >= 11 is 6.22. The summed E-state index contributed by atoms with van der Waals surface area (Å²) in [6.07, 6.45) is 2.24. The standard InChI is InChI=1S/C17H17ClN2O/c18-15-3-1-2-10-4-5-11(7-14(10)15)17(21)20-16-8-13-6-12(16)9-19-13/h1-5,7,12-13,16,19H,6,8-9H2,(H,20,21). The Morgan fingerprint density at radius 2 is 2.14 bits per heavy atom. The monoisotopic (exact) mass is 300 g/mol. The molecule has 21 heavy (non-hydrogen) atoms. The van der Waals surface area contributed by atoms with Gasteiger partial charge in [-0.25, -0.2) is 0 Å². The smallest absolute Gasteiger partial charge is 0.251 e. The van der Waals surface area contributed by atoms with Crippen LogP contribution in [0.1, 0.15) is 23.2 Å². The molecule has 2 fully saturated rings. The van der Waals surface area contributed by atoms with Gasteiger partial charge in [0.05, 0.1) is 0 Å². The van der Waals surface area contributed by atoms with Gasteiger partial charge in [-0.15, -0.1) is 0 Å². The van der Waals surface area contributed by atoms with Crippen LogP contribution in [0, 0.1) is 5.92 Å². The number of benzene rings is 2. The molecule has 108 valence electrons. The Hall–Kier alpha value is -1.58. The Bertz CT molecular complexity index is 715. The number of fused-ring (bicyclic) bond motifs is 3. The molecule has 0 radical (unpaired) electrons. The largest absolute Gasteiger partial charge is 0.349 e. The second-order valence-corrected chi connectivity index (χ2v) is 6.50. The number of hydrogen-bond donors (Lipinski definition) is 2. The third-order valence-corrected chi connectivity index (χ3v) is 5.10. The Morgan fingerprint density at radius 3 is 2.90 bits per heavy atom. The molecule has 4 rings (SSSR count). The van der Waals surface area contributed by atoms with Gasteiger partial charge in [0, 0.05) is 34.6 Å². The predicted molar refractivity (Wildman–Crippen MR) is 84.7 cm³/mol. The maximum atomic E-state index is 12.5. The van der Waals surface area contributed by atoms with Crippen LogP contribution in [-0.4, -0.2) is 24.5 Å². The lowest BCUT2D eigenvalue weighted by Gasteiger charge is -2.23. The van der Waals surface area contributed by atoms with Crippen LogP contribution in [0.15, 0.2) is 36.4 Å². The fraction of sp³-hybridized carbons (Fsp3) is 0.353. The van der Waals surface area contributed by atoms with Crippen molar-refractivity contribution in [1.82, 2.24) is 10.6 Å². The van der Waals surface area contributed by atoms with E-state index in [2.05, 4.69) is 10.6 Å². The first-order chi connectivity index (χ1) is 10.2. The van der Waals surface area contributed by atoms with Crippen molar-refractivity contribution >= 4 is 28.3 Å². The summed E-state index contributed by atoms with van der Waals surface area (Å²) in [6.45, 7) is 1.03. The number of rotatable bonds is 2. The molecule has 1 saturated heterocycles. The fourth-order valence-electron chi connectivity index (χ4n) is 3.64. The second-order valence-electron chi connectivity index (χ2n) is 6.09. The number of nitrogens with one attached hydrogen (secondary N) is 2. The number of halogens is 1. The highest BCUT2D eigenvalue weighted by Gasteiger charge is 2.40. The van der Waals surface area contributed by atoms with E-state index in [-0.39, 0.29) is 5.91 Å². The molecule has 1 heterocycles. The van der Waals surface area contributed by atoms with Gasteiger partial charge in [-0.05, 0) is 42.3 Å². The quantitative estimate of drug-likeness (QED) is 0.895. The molecule has 3 atom stereocenters. The Balaban J connectivity index is 1.58. The van der Waals surface area contributed by atoms with E-state index in [4.69, 9.17) is 11.6 Å². The van der Waals surface area contributed by atoms with Crippen molar-refractivity contribution in [3.63, 3.8) is 0 Å². The third-order valence-electron chi connectivity index (χ3n) is 4.77. The molecule has 3 unspecified atom stereocenters. The van der Waals surface area contributed by atoms with E-state index in [9.17, 15) is 4.79 Å². The molecule has 2 aliphatic rings. The van der Waals surface area contributed by atoms with Crippen molar-refractivity contribution in [2.45, 2.75) is 24.9 Å². The van der Waals surface area contributed by atoms with Gasteiger partial charge >= 0.3 is 0 Å². The van der Waals surface area contributed by atoms with Crippen LogP contribution in [0.5, 0.6) is 0 Å². The lowest BCUT2D eigenvalue weighted by molar-refractivity contribution is 0.0925. The van der Waals surface area contributed by atoms with Gasteiger partial charge in [0.2, 0.25) is 0 Å². The van der Waals surface area contributed by atoms with Crippen LogP contribution in [0.2, 0.25) is 5.02 Å². The van der Waals surface area contributed by atoms with Gasteiger partial charge in [0.15, 0.2) is 0 Å². The van der Waals surface area contributed by atoms with E-state index < -0.39 is 0 Å². The highest BCUT2D eigenvalue weighted by molar-refractivity contribution is 6.35. The van der Waals surface area contributed by atoms with E-state index in [0.29, 0.717) is 28.6 Å². The fourth-order valence-corrected chi connectivity index (χ4v) is 3.88. The van der Waals surface area contributed by atoms with E-state index in [0.717, 1.165) is 23.7 Å². The average Bonchev–Trinajstić information content (AvgIpc) is 3.10. The van der Waals surface area contributed by atoms with Gasteiger partial charge in [-0.2, -0.15) is 0 Å². The molecule has 1 aliphatic carbocycles. The van der Waals surface area contributed by atoms with Crippen LogP contribution in [0.4, 0.5) is 0 Å². The Labute approximate surface area is 128 Å². The molecule has 2 N–H and O–H groups in total. The SMILES string of the molecule is O=C(NC1CC2CC1CN2)c1ccc2cccc(Cl)c2c1. The molecule has 2 bridgehead atoms. The number of piperidine rings is 1. The number of carbonyl (C=O) groups is 1. The minimum atomic E-state index is 0.00868. The Kier molecular flexibility index (Phi) is 3.12. The summed E-state index contributed by atoms with van der Waals surface area (Å²) in [6, 6.07) is 12.4. The highest BCUT2D eigenvalue weighted by Crippen LogP contribution is 2.31. The highest BCUT2D eigenvalue weighted by atomic mass is 35.5. The molecule has 1 saturated carbocycles. The minimum absolute atomic E-state index is 0.00868. The molecule has 2 aromatic rings. The van der Waals surface area contributed by atoms with Crippen molar-refractivity contribution in [2.75, 3.05) is 6.54 Å². The average molecular weight is 301 g/mol. The number of carbonyl (C=O) groups excluding carboxylic acids is 1. The molecular formula is C17H17ClN2O. The molecule has 4 heteroatoms. The van der Waals surface area contributed by atoms with Crippen LogP contribution < -0.4 is 10.6 Å². The van der Waals surface area contributed by atoms with Crippen LogP contribution in [-0.2, 0) is 0 Å². The van der Waals surface area contributed by atoms with Gasteiger partial charge < -0.3 is 10.6 Å². The second kappa shape index (κ2) is 5.00. The maximum absolute atomic E-state index is 12.5. The first kappa shape index (κ1) is 13.1. The van der Waals surface area contributed by atoms with Crippen molar-refractivity contribution < 1.29 is 4.79 Å². The van der Waals surface area contributed by atoms with Gasteiger partial charge in [0.1, 0.15) is 0 Å². The molecule has 1 aliphatic heterocycles. The first-order valence-electron chi connectivity index (χ1n) is 7.43. The molecule has 1 amide bonds. The molecular weight excluding hydrogens is 284 g/mol. The summed E-state index contributed by atoms with van der Waals surface area (Å²) in [5, 5.41) is 9.33. The number of hydrogen-bond acceptors (Lipinski definition) is 2. The minimum Gasteiger partial charge on any atom is -0.349 e. The van der Waals surface area contributed by atoms with Gasteiger partial charge in [-0.1, -0.05) is 29.8 Å². The zero-order chi connectivity index (χ0) is 14.4. The van der Waals surface area contributed by atoms with Crippen molar-refractivity contribution in [3.8, 4) is 0 Å². The van der Waals surface area contributed by atoms with E-state index in [1.165, 1.54) is 6.42 Å². The number of amides is 1. The van der Waals surface area contributed by atoms with Crippen molar-refractivity contribution in [2.24, 2.45) is 5.92 Å². The zero-order valence-corrected chi connectivity index (χ0v) is 12.4. The molecule has 2 aromatic carbocycles.